The van der Waals surface area contributed by atoms with Crippen molar-refractivity contribution < 1.29 is 40.6 Å². The highest BCUT2D eigenvalue weighted by atomic mass is 32.2. The minimum absolute atomic E-state index is 0.0216. The van der Waals surface area contributed by atoms with E-state index in [4.69, 9.17) is 47.6 Å². The molecule has 0 aliphatic carbocycles. The summed E-state index contributed by atoms with van der Waals surface area (Å²) in [6.45, 7) is 2.18. The van der Waals surface area contributed by atoms with Crippen LogP contribution in [0, 0.1) is 6.92 Å². The number of hydrogen-bond donors (Lipinski definition) is 8. The van der Waals surface area contributed by atoms with E-state index in [1.807, 2.05) is 6.92 Å². The third kappa shape index (κ3) is 11.8. The van der Waals surface area contributed by atoms with Crippen molar-refractivity contribution in [2.45, 2.75) is 29.6 Å². The number of benzene rings is 3. The molecule has 0 bridgehead atoms. The van der Waals surface area contributed by atoms with E-state index in [0.717, 1.165) is 11.6 Å². The summed E-state index contributed by atoms with van der Waals surface area (Å²) in [5.41, 5.74) is 30.0. The Kier molecular flexibility index (Phi) is 11.8. The number of carboxylic acids is 1. The number of aryl methyl sites for hydroxylation is 1. The maximum absolute atomic E-state index is 10.6. The average Bonchev–Trinajstić information content (AvgIpc) is 2.81. The Bertz CT molecular complexity index is 1500. The van der Waals surface area contributed by atoms with Crippen LogP contribution in [0.25, 0.3) is 0 Å². The zero-order valence-corrected chi connectivity index (χ0v) is 22.4. The van der Waals surface area contributed by atoms with Gasteiger partial charge >= 0.3 is 5.97 Å². The molecule has 3 aromatic rings. The summed E-state index contributed by atoms with van der Waals surface area (Å²) in [7, 11) is -8.34. The first-order valence-corrected chi connectivity index (χ1v) is 13.8. The Hall–Kier alpha value is -4.25. The van der Waals surface area contributed by atoms with Gasteiger partial charge in [-0.3, -0.25) is 13.9 Å². The number of ether oxygens (including phenoxy) is 1. The first-order chi connectivity index (χ1) is 17.9. The van der Waals surface area contributed by atoms with Crippen molar-refractivity contribution in [3.63, 3.8) is 0 Å². The summed E-state index contributed by atoms with van der Waals surface area (Å²) in [4.78, 5) is 9.77. The molecule has 0 aliphatic rings. The van der Waals surface area contributed by atoms with Crippen LogP contribution in [0.5, 0.6) is 5.75 Å². The smallest absolute Gasteiger partial charge is 0.303 e. The number of carbonyl (C=O) groups is 1. The maximum Gasteiger partial charge on any atom is 0.303 e. The third-order valence-electron chi connectivity index (χ3n) is 4.68. The molecule has 214 valence electrons. The molecule has 0 aromatic heterocycles. The number of aliphatic carboxylic acids is 1. The van der Waals surface area contributed by atoms with Gasteiger partial charge in [-0.2, -0.15) is 16.8 Å². The molecule has 0 unspecified atom stereocenters. The van der Waals surface area contributed by atoms with Gasteiger partial charge in [0.05, 0.1) is 22.9 Å². The second-order valence-electron chi connectivity index (χ2n) is 7.91. The number of anilines is 5. The fourth-order valence-electron chi connectivity index (χ4n) is 2.67. The number of rotatable bonds is 7. The number of carboxylic acid groups (broad SMARTS) is 1. The van der Waals surface area contributed by atoms with Gasteiger partial charge in [-0.15, -0.1) is 0 Å². The standard InChI is InChI=1S/C11H16N2O3.C6H8N2O3S.C6H7NO3S/c1-7-5-9(13)10(6-8(7)12)16-4-2-3-11(14)15;7-4-1-2-5(8)6(3-4)12(9,10)11;7-5-1-3-6(4-2-5)11(8,9)10/h5-6H,2-4,12-13H2,1H3,(H,14,15);1-3H,7-8H2,(H,9,10,11);1-4H,7H2,(H,8,9,10). The molecular weight excluding hydrogens is 554 g/mol. The van der Waals surface area contributed by atoms with Crippen molar-refractivity contribution in [3.8, 4) is 5.75 Å². The number of nitrogens with two attached hydrogens (primary N) is 5. The lowest BCUT2D eigenvalue weighted by atomic mass is 10.1. The molecular formula is C23H31N5O9S2. The van der Waals surface area contributed by atoms with Gasteiger partial charge < -0.3 is 38.5 Å². The van der Waals surface area contributed by atoms with Gasteiger partial charge in [0.1, 0.15) is 10.6 Å². The summed E-state index contributed by atoms with van der Waals surface area (Å²) in [5, 5.41) is 8.45. The molecule has 3 rings (SSSR count). The van der Waals surface area contributed by atoms with Crippen molar-refractivity contribution in [1.82, 2.24) is 0 Å². The minimum Gasteiger partial charge on any atom is -0.491 e. The van der Waals surface area contributed by atoms with Gasteiger partial charge in [0, 0.05) is 29.5 Å². The summed E-state index contributed by atoms with van der Waals surface area (Å²) >= 11 is 0. The molecule has 0 saturated carbocycles. The van der Waals surface area contributed by atoms with Crippen molar-refractivity contribution in [2.24, 2.45) is 0 Å². The molecule has 0 fully saturated rings. The minimum atomic E-state index is -4.26. The molecule has 13 N–H and O–H groups in total. The molecule has 0 aliphatic heterocycles. The van der Waals surface area contributed by atoms with Crippen molar-refractivity contribution in [2.75, 3.05) is 35.3 Å². The van der Waals surface area contributed by atoms with Crippen molar-refractivity contribution in [3.05, 3.63) is 60.2 Å². The Labute approximate surface area is 225 Å². The average molecular weight is 586 g/mol. The lowest BCUT2D eigenvalue weighted by Crippen LogP contribution is -2.04. The van der Waals surface area contributed by atoms with E-state index in [0.29, 0.717) is 35.8 Å². The van der Waals surface area contributed by atoms with E-state index in [9.17, 15) is 21.6 Å². The second-order valence-corrected chi connectivity index (χ2v) is 10.7. The predicted octanol–water partition coefficient (Wildman–Crippen LogP) is 2.02. The molecule has 39 heavy (non-hydrogen) atoms. The summed E-state index contributed by atoms with van der Waals surface area (Å²) in [6.07, 6.45) is 0.532. The molecule has 0 saturated heterocycles. The highest BCUT2D eigenvalue weighted by Gasteiger charge is 2.13. The molecule has 0 amide bonds. The van der Waals surface area contributed by atoms with E-state index < -0.39 is 26.2 Å². The lowest BCUT2D eigenvalue weighted by molar-refractivity contribution is -0.137. The fourth-order valence-corrected chi connectivity index (χ4v) is 3.80. The van der Waals surface area contributed by atoms with E-state index in [-0.39, 0.29) is 27.6 Å². The highest BCUT2D eigenvalue weighted by molar-refractivity contribution is 7.86. The van der Waals surface area contributed by atoms with E-state index >= 15 is 0 Å². The zero-order valence-electron chi connectivity index (χ0n) is 20.8. The summed E-state index contributed by atoms with van der Waals surface area (Å²) in [6, 6.07) is 12.6. The van der Waals surface area contributed by atoms with E-state index in [1.165, 1.54) is 36.4 Å². The Morgan fingerprint density at radius 2 is 1.33 bits per heavy atom. The van der Waals surface area contributed by atoms with Gasteiger partial charge in [-0.25, -0.2) is 0 Å². The zero-order chi connectivity index (χ0) is 30.0. The van der Waals surface area contributed by atoms with Crippen LogP contribution in [0.4, 0.5) is 28.4 Å². The van der Waals surface area contributed by atoms with E-state index in [1.54, 1.807) is 12.1 Å². The molecule has 16 heteroatoms. The van der Waals surface area contributed by atoms with Crippen LogP contribution in [-0.4, -0.2) is 43.6 Å². The van der Waals surface area contributed by atoms with Crippen LogP contribution in [0.1, 0.15) is 18.4 Å². The monoisotopic (exact) mass is 585 g/mol. The third-order valence-corrected chi connectivity index (χ3v) is 6.46. The fraction of sp³-hybridized carbons (Fsp3) is 0.174. The van der Waals surface area contributed by atoms with Gasteiger partial charge in [0.15, 0.2) is 0 Å². The quantitative estimate of drug-likeness (QED) is 0.112. The molecule has 0 atom stereocenters. The van der Waals surface area contributed by atoms with Crippen LogP contribution < -0.4 is 33.4 Å². The topological polar surface area (TPSA) is 285 Å². The SMILES string of the molecule is Cc1cc(N)c(OCCCC(=O)O)cc1N.Nc1ccc(N)c(S(=O)(=O)O)c1.Nc1ccc(S(=O)(=O)O)cc1. The van der Waals surface area contributed by atoms with Crippen LogP contribution in [0.2, 0.25) is 0 Å². The second kappa shape index (κ2) is 14.1. The number of nitrogen functional groups attached to an aromatic ring is 5. The highest BCUT2D eigenvalue weighted by Crippen LogP contribution is 2.27. The van der Waals surface area contributed by atoms with Crippen molar-refractivity contribution >= 4 is 54.6 Å². The van der Waals surface area contributed by atoms with Crippen molar-refractivity contribution in [1.29, 1.82) is 0 Å². The van der Waals surface area contributed by atoms with Gasteiger partial charge in [0.25, 0.3) is 20.2 Å². The predicted molar refractivity (Wildman–Crippen MR) is 148 cm³/mol. The lowest BCUT2D eigenvalue weighted by Gasteiger charge is -2.10. The van der Waals surface area contributed by atoms with Gasteiger partial charge in [-0.05, 0) is 67.4 Å². The Morgan fingerprint density at radius 1 is 0.769 bits per heavy atom. The summed E-state index contributed by atoms with van der Waals surface area (Å²) < 4.78 is 64.7. The van der Waals surface area contributed by atoms with Gasteiger partial charge in [0.2, 0.25) is 0 Å². The first-order valence-electron chi connectivity index (χ1n) is 10.9. The molecule has 0 spiro atoms. The molecule has 3 aromatic carbocycles. The largest absolute Gasteiger partial charge is 0.491 e. The van der Waals surface area contributed by atoms with Crippen LogP contribution in [0.3, 0.4) is 0 Å². The Balaban J connectivity index is 0.000000299. The van der Waals surface area contributed by atoms with Gasteiger partial charge in [-0.1, -0.05) is 0 Å². The van der Waals surface area contributed by atoms with E-state index in [2.05, 4.69) is 0 Å². The molecule has 0 heterocycles. The first kappa shape index (κ1) is 32.8. The summed E-state index contributed by atoms with van der Waals surface area (Å²) in [5.74, 6) is -0.325. The van der Waals surface area contributed by atoms with Crippen LogP contribution in [-0.2, 0) is 25.0 Å². The maximum atomic E-state index is 10.6. The number of hydrogen-bond acceptors (Lipinski definition) is 11. The van der Waals surface area contributed by atoms with Crippen LogP contribution >= 0.6 is 0 Å². The van der Waals surface area contributed by atoms with Crippen LogP contribution in [0.15, 0.2) is 64.4 Å². The molecule has 0 radical (unpaired) electrons. The normalized spacial score (nSPS) is 10.8. The Morgan fingerprint density at radius 3 is 1.82 bits per heavy atom. The molecule has 14 nitrogen and oxygen atoms in total.